The first-order valence-corrected chi connectivity index (χ1v) is 10.1. The number of carbonyl (C=O) groups excluding carboxylic acids is 1. The molecule has 0 radical (unpaired) electrons. The summed E-state index contributed by atoms with van der Waals surface area (Å²) in [4.78, 5) is 12.4. The number of aromatic nitrogens is 6. The van der Waals surface area contributed by atoms with Crippen LogP contribution in [0.2, 0.25) is 0 Å². The fraction of sp³-hybridized carbons (Fsp3) is 0.111. The van der Waals surface area contributed by atoms with E-state index < -0.39 is 0 Å². The topological polar surface area (TPSA) is 91.8 Å². The largest absolute Gasteiger partial charge is 0.471 e. The number of benzene rings is 1. The summed E-state index contributed by atoms with van der Waals surface area (Å²) in [6, 6.07) is 9.15. The number of amides is 1. The van der Waals surface area contributed by atoms with Crippen LogP contribution in [0.15, 0.2) is 70.3 Å². The lowest BCUT2D eigenvalue weighted by Gasteiger charge is -2.05. The number of hydrogen-bond donors (Lipinski definition) is 1. The third-order valence-electron chi connectivity index (χ3n) is 3.83. The minimum Gasteiger partial charge on any atom is -0.471 e. The maximum absolute atomic E-state index is 12.4. The molecular formula is C18H15Br2N7O2. The Kier molecular flexibility index (Phi) is 5.76. The van der Waals surface area contributed by atoms with Gasteiger partial charge < -0.3 is 10.1 Å². The number of hydrogen-bond acceptors (Lipinski definition) is 5. The molecule has 0 fully saturated rings. The van der Waals surface area contributed by atoms with Crippen molar-refractivity contribution in [1.82, 2.24) is 29.3 Å². The van der Waals surface area contributed by atoms with Gasteiger partial charge >= 0.3 is 0 Å². The standard InChI is InChI=1S/C18H15Br2N7O2/c19-13-1-3-16(4-2-13)29-12-27-10-15(8-22-27)23-18(28)17-5-6-25(24-17)11-26-9-14(20)7-21-26/h1-10H,11-12H2,(H,23,28). The molecule has 3 aromatic heterocycles. The van der Waals surface area contributed by atoms with E-state index in [-0.39, 0.29) is 12.6 Å². The Morgan fingerprint density at radius 1 is 0.966 bits per heavy atom. The van der Waals surface area contributed by atoms with Crippen LogP contribution in [0.5, 0.6) is 5.75 Å². The second-order valence-corrected chi connectivity index (χ2v) is 7.86. The van der Waals surface area contributed by atoms with E-state index in [0.717, 1.165) is 14.7 Å². The normalized spacial score (nSPS) is 10.8. The molecule has 1 aromatic carbocycles. The summed E-state index contributed by atoms with van der Waals surface area (Å²) in [5, 5.41) is 15.4. The predicted molar refractivity (Wildman–Crippen MR) is 113 cm³/mol. The Morgan fingerprint density at radius 2 is 1.76 bits per heavy atom. The lowest BCUT2D eigenvalue weighted by molar-refractivity contribution is 0.102. The summed E-state index contributed by atoms with van der Waals surface area (Å²) in [5.41, 5.74) is 0.857. The van der Waals surface area contributed by atoms with Crippen molar-refractivity contribution in [2.45, 2.75) is 13.4 Å². The lowest BCUT2D eigenvalue weighted by Crippen LogP contribution is -2.14. The van der Waals surface area contributed by atoms with Gasteiger partial charge in [0.05, 0.1) is 28.8 Å². The molecule has 148 valence electrons. The van der Waals surface area contributed by atoms with E-state index in [1.165, 1.54) is 0 Å². The first-order chi connectivity index (χ1) is 14.0. The summed E-state index contributed by atoms with van der Waals surface area (Å²) in [5.74, 6) is 0.405. The molecule has 0 spiro atoms. The van der Waals surface area contributed by atoms with Crippen LogP contribution in [0.4, 0.5) is 5.69 Å². The van der Waals surface area contributed by atoms with Crippen molar-refractivity contribution < 1.29 is 9.53 Å². The zero-order chi connectivity index (χ0) is 20.2. The predicted octanol–water partition coefficient (Wildman–Crippen LogP) is 3.60. The first-order valence-electron chi connectivity index (χ1n) is 8.49. The highest BCUT2D eigenvalue weighted by molar-refractivity contribution is 9.10. The zero-order valence-electron chi connectivity index (χ0n) is 14.9. The molecule has 0 aliphatic rings. The summed E-state index contributed by atoms with van der Waals surface area (Å²) in [7, 11) is 0. The molecule has 0 aliphatic heterocycles. The maximum Gasteiger partial charge on any atom is 0.276 e. The molecule has 0 aliphatic carbocycles. The summed E-state index contributed by atoms with van der Waals surface area (Å²) < 4.78 is 12.4. The molecule has 1 N–H and O–H groups in total. The van der Waals surface area contributed by atoms with Gasteiger partial charge in [0.15, 0.2) is 12.4 Å². The van der Waals surface area contributed by atoms with Crippen LogP contribution in [0.1, 0.15) is 10.5 Å². The first kappa shape index (κ1) is 19.4. The smallest absolute Gasteiger partial charge is 0.276 e. The van der Waals surface area contributed by atoms with Gasteiger partial charge in [0.1, 0.15) is 12.4 Å². The number of carbonyl (C=O) groups is 1. The number of nitrogens with one attached hydrogen (secondary N) is 1. The third kappa shape index (κ3) is 5.12. The van der Waals surface area contributed by atoms with E-state index in [0.29, 0.717) is 18.1 Å². The van der Waals surface area contributed by atoms with Crippen molar-refractivity contribution in [3.8, 4) is 5.75 Å². The van der Waals surface area contributed by atoms with E-state index in [2.05, 4.69) is 52.5 Å². The van der Waals surface area contributed by atoms with E-state index in [4.69, 9.17) is 4.74 Å². The number of ether oxygens (including phenoxy) is 1. The molecule has 9 nitrogen and oxygen atoms in total. The Hall–Kier alpha value is -2.92. The van der Waals surface area contributed by atoms with E-state index in [1.807, 2.05) is 30.5 Å². The number of nitrogens with zero attached hydrogens (tertiary/aromatic N) is 6. The third-order valence-corrected chi connectivity index (χ3v) is 4.77. The molecule has 0 bridgehead atoms. The number of halogens is 2. The van der Waals surface area contributed by atoms with Gasteiger partial charge in [-0.2, -0.15) is 15.3 Å². The van der Waals surface area contributed by atoms with Gasteiger partial charge in [-0.25, -0.2) is 9.36 Å². The van der Waals surface area contributed by atoms with Gasteiger partial charge in [0.25, 0.3) is 5.91 Å². The Balaban J connectivity index is 1.32. The van der Waals surface area contributed by atoms with Crippen LogP contribution in [0.3, 0.4) is 0 Å². The van der Waals surface area contributed by atoms with Crippen LogP contribution in [-0.2, 0) is 13.4 Å². The van der Waals surface area contributed by atoms with Crippen molar-refractivity contribution in [2.24, 2.45) is 0 Å². The minimum absolute atomic E-state index is 0.228. The average molecular weight is 521 g/mol. The van der Waals surface area contributed by atoms with Gasteiger partial charge in [0, 0.05) is 16.9 Å². The molecule has 0 atom stereocenters. The molecule has 0 unspecified atom stereocenters. The minimum atomic E-state index is -0.321. The van der Waals surface area contributed by atoms with E-state index in [1.54, 1.807) is 44.9 Å². The van der Waals surface area contributed by atoms with Gasteiger partial charge in [-0.1, -0.05) is 15.9 Å². The van der Waals surface area contributed by atoms with E-state index in [9.17, 15) is 4.79 Å². The Labute approximate surface area is 182 Å². The summed E-state index contributed by atoms with van der Waals surface area (Å²) >= 11 is 6.72. The van der Waals surface area contributed by atoms with Gasteiger partial charge in [0.2, 0.25) is 0 Å². The molecule has 11 heteroatoms. The van der Waals surface area contributed by atoms with Crippen molar-refractivity contribution in [3.63, 3.8) is 0 Å². The van der Waals surface area contributed by atoms with Gasteiger partial charge in [-0.3, -0.25) is 9.48 Å². The van der Waals surface area contributed by atoms with Crippen LogP contribution in [-0.4, -0.2) is 35.2 Å². The number of anilines is 1. The maximum atomic E-state index is 12.4. The molecule has 0 saturated carbocycles. The Morgan fingerprint density at radius 3 is 2.52 bits per heavy atom. The molecule has 0 saturated heterocycles. The second-order valence-electron chi connectivity index (χ2n) is 6.03. The van der Waals surface area contributed by atoms with Gasteiger partial charge in [-0.05, 0) is 46.3 Å². The lowest BCUT2D eigenvalue weighted by atomic mass is 10.3. The van der Waals surface area contributed by atoms with Crippen molar-refractivity contribution in [1.29, 1.82) is 0 Å². The SMILES string of the molecule is O=C(Nc1cnn(COc2ccc(Br)cc2)c1)c1ccn(Cn2cc(Br)cn2)n1. The van der Waals surface area contributed by atoms with Crippen LogP contribution < -0.4 is 10.1 Å². The van der Waals surface area contributed by atoms with Crippen molar-refractivity contribution >= 4 is 43.5 Å². The van der Waals surface area contributed by atoms with Crippen molar-refractivity contribution in [2.75, 3.05) is 5.32 Å². The van der Waals surface area contributed by atoms with Crippen molar-refractivity contribution in [3.05, 3.63) is 76.0 Å². The van der Waals surface area contributed by atoms with Crippen LogP contribution >= 0.6 is 31.9 Å². The summed E-state index contributed by atoms with van der Waals surface area (Å²) in [6.45, 7) is 0.635. The van der Waals surface area contributed by atoms with Gasteiger partial charge in [-0.15, -0.1) is 0 Å². The molecule has 29 heavy (non-hydrogen) atoms. The quantitative estimate of drug-likeness (QED) is 0.402. The molecule has 1 amide bonds. The zero-order valence-corrected chi connectivity index (χ0v) is 18.1. The highest BCUT2D eigenvalue weighted by atomic mass is 79.9. The molecule has 4 aromatic rings. The number of rotatable bonds is 7. The highest BCUT2D eigenvalue weighted by Crippen LogP contribution is 2.17. The fourth-order valence-electron chi connectivity index (χ4n) is 2.49. The Bertz CT molecular complexity index is 1120. The van der Waals surface area contributed by atoms with Crippen LogP contribution in [0.25, 0.3) is 0 Å². The average Bonchev–Trinajstić information content (AvgIpc) is 3.44. The fourth-order valence-corrected chi connectivity index (χ4v) is 3.08. The van der Waals surface area contributed by atoms with E-state index >= 15 is 0 Å². The monoisotopic (exact) mass is 519 g/mol. The molecule has 4 rings (SSSR count). The summed E-state index contributed by atoms with van der Waals surface area (Å²) in [6.07, 6.45) is 8.48. The highest BCUT2D eigenvalue weighted by Gasteiger charge is 2.11. The molecule has 3 heterocycles. The second kappa shape index (κ2) is 8.62. The molecular weight excluding hydrogens is 506 g/mol. The van der Waals surface area contributed by atoms with Crippen LogP contribution in [0, 0.1) is 0 Å².